The average molecular weight is 438 g/mol. The normalized spacial score (nSPS) is 16.7. The minimum Gasteiger partial charge on any atom is -0.356 e. The van der Waals surface area contributed by atoms with Crippen LogP contribution in [0.15, 0.2) is 24.5 Å². The summed E-state index contributed by atoms with van der Waals surface area (Å²) in [6, 6.07) is 4.82. The van der Waals surface area contributed by atoms with Crippen LogP contribution in [-0.4, -0.2) is 40.4 Å². The van der Waals surface area contributed by atoms with Crippen LogP contribution in [0.25, 0.3) is 10.2 Å². The van der Waals surface area contributed by atoms with Gasteiger partial charge in [-0.25, -0.2) is 9.97 Å². The van der Waals surface area contributed by atoms with Crippen molar-refractivity contribution in [2.24, 2.45) is 5.92 Å². The van der Waals surface area contributed by atoms with Crippen LogP contribution in [0.5, 0.6) is 0 Å². The van der Waals surface area contributed by atoms with E-state index >= 15 is 0 Å². The summed E-state index contributed by atoms with van der Waals surface area (Å²) in [5.41, 5.74) is 2.96. The molecular weight excluding hydrogens is 414 g/mol. The number of rotatable bonds is 3. The van der Waals surface area contributed by atoms with E-state index in [4.69, 9.17) is 0 Å². The molecule has 1 aromatic carbocycles. The standard InChI is InChI=1S/C22H23N5O3S/c1-13-14(2)31-21-19(13)20(23-12-24-21)25-8-5-16(6-9-25)22(28)26-10-7-15-3-4-17(27(29)30)11-18(15)26/h3-4,11-12,16H,5-10H2,1-2H3. The van der Waals surface area contributed by atoms with Gasteiger partial charge in [-0.3, -0.25) is 14.9 Å². The summed E-state index contributed by atoms with van der Waals surface area (Å²) >= 11 is 1.69. The molecule has 1 fully saturated rings. The number of aryl methyl sites for hydroxylation is 2. The van der Waals surface area contributed by atoms with Gasteiger partial charge in [0.25, 0.3) is 5.69 Å². The monoisotopic (exact) mass is 437 g/mol. The van der Waals surface area contributed by atoms with Crippen molar-refractivity contribution in [3.63, 3.8) is 0 Å². The second-order valence-corrected chi connectivity index (χ2v) is 9.44. The van der Waals surface area contributed by atoms with Gasteiger partial charge in [-0.05, 0) is 44.2 Å². The number of nitrogens with zero attached hydrogens (tertiary/aromatic N) is 5. The number of nitro benzene ring substituents is 1. The van der Waals surface area contributed by atoms with Crippen molar-refractivity contribution < 1.29 is 9.72 Å². The highest BCUT2D eigenvalue weighted by molar-refractivity contribution is 7.18. The summed E-state index contributed by atoms with van der Waals surface area (Å²) in [7, 11) is 0. The number of piperidine rings is 1. The van der Waals surface area contributed by atoms with Crippen LogP contribution in [-0.2, 0) is 11.2 Å². The van der Waals surface area contributed by atoms with Gasteiger partial charge in [0, 0.05) is 42.6 Å². The lowest BCUT2D eigenvalue weighted by Gasteiger charge is -2.34. The van der Waals surface area contributed by atoms with Gasteiger partial charge in [-0.1, -0.05) is 6.07 Å². The third-order valence-corrected chi connectivity index (χ3v) is 7.65. The van der Waals surface area contributed by atoms with E-state index in [-0.39, 0.29) is 17.5 Å². The molecular formula is C22H23N5O3S. The molecule has 0 aliphatic carbocycles. The fraction of sp³-hybridized carbons (Fsp3) is 0.409. The highest BCUT2D eigenvalue weighted by Crippen LogP contribution is 2.37. The number of anilines is 2. The Labute approximate surface area is 183 Å². The van der Waals surface area contributed by atoms with Crippen LogP contribution in [0.2, 0.25) is 0 Å². The summed E-state index contributed by atoms with van der Waals surface area (Å²) < 4.78 is 0. The fourth-order valence-electron chi connectivity index (χ4n) is 4.67. The van der Waals surface area contributed by atoms with E-state index in [2.05, 4.69) is 28.7 Å². The number of benzene rings is 1. The summed E-state index contributed by atoms with van der Waals surface area (Å²) in [4.78, 5) is 39.3. The van der Waals surface area contributed by atoms with Crippen LogP contribution < -0.4 is 9.80 Å². The van der Waals surface area contributed by atoms with Gasteiger partial charge in [0.1, 0.15) is 17.0 Å². The lowest BCUT2D eigenvalue weighted by molar-refractivity contribution is -0.384. The molecule has 0 bridgehead atoms. The molecule has 1 saturated heterocycles. The number of non-ortho nitro benzene ring substituents is 1. The molecule has 0 radical (unpaired) electrons. The third kappa shape index (κ3) is 3.33. The minimum absolute atomic E-state index is 0.0301. The molecule has 31 heavy (non-hydrogen) atoms. The molecule has 3 aromatic rings. The molecule has 0 atom stereocenters. The molecule has 0 saturated carbocycles. The van der Waals surface area contributed by atoms with Crippen molar-refractivity contribution >= 4 is 44.7 Å². The zero-order valence-electron chi connectivity index (χ0n) is 17.5. The van der Waals surface area contributed by atoms with Crippen molar-refractivity contribution in [3.8, 4) is 0 Å². The molecule has 2 aliphatic rings. The molecule has 0 spiro atoms. The number of carbonyl (C=O) groups is 1. The van der Waals surface area contributed by atoms with Gasteiger partial charge >= 0.3 is 0 Å². The van der Waals surface area contributed by atoms with Gasteiger partial charge in [-0.2, -0.15) is 0 Å². The molecule has 0 unspecified atom stereocenters. The SMILES string of the molecule is Cc1sc2ncnc(N3CCC(C(=O)N4CCc5ccc([N+](=O)[O-])cc54)CC3)c2c1C. The first-order valence-electron chi connectivity index (χ1n) is 10.5. The number of hydrogen-bond acceptors (Lipinski definition) is 7. The van der Waals surface area contributed by atoms with Crippen LogP contribution >= 0.6 is 11.3 Å². The third-order valence-electron chi connectivity index (χ3n) is 6.53. The Morgan fingerprint density at radius 2 is 1.97 bits per heavy atom. The van der Waals surface area contributed by atoms with E-state index in [9.17, 15) is 14.9 Å². The average Bonchev–Trinajstić information content (AvgIpc) is 3.33. The topological polar surface area (TPSA) is 92.5 Å². The number of nitro groups is 1. The van der Waals surface area contributed by atoms with E-state index in [0.29, 0.717) is 12.2 Å². The van der Waals surface area contributed by atoms with Crippen molar-refractivity contribution in [2.75, 3.05) is 29.4 Å². The predicted octanol–water partition coefficient (Wildman–Crippen LogP) is 4.02. The quantitative estimate of drug-likeness (QED) is 0.454. The maximum Gasteiger partial charge on any atom is 0.271 e. The summed E-state index contributed by atoms with van der Waals surface area (Å²) in [6.07, 6.45) is 3.85. The minimum atomic E-state index is -0.406. The molecule has 0 N–H and O–H groups in total. The summed E-state index contributed by atoms with van der Waals surface area (Å²) in [5, 5.41) is 12.3. The van der Waals surface area contributed by atoms with E-state index in [1.54, 1.807) is 28.6 Å². The number of hydrogen-bond donors (Lipinski definition) is 0. The van der Waals surface area contributed by atoms with Gasteiger partial charge in [0.15, 0.2) is 0 Å². The van der Waals surface area contributed by atoms with Crippen molar-refractivity contribution in [1.29, 1.82) is 0 Å². The first-order chi connectivity index (χ1) is 14.9. The fourth-order valence-corrected chi connectivity index (χ4v) is 5.66. The Morgan fingerprint density at radius 3 is 2.71 bits per heavy atom. The van der Waals surface area contributed by atoms with Crippen molar-refractivity contribution in [2.45, 2.75) is 33.1 Å². The Balaban J connectivity index is 1.33. The Kier molecular flexibility index (Phi) is 4.85. The number of amides is 1. The smallest absolute Gasteiger partial charge is 0.271 e. The van der Waals surface area contributed by atoms with E-state index < -0.39 is 4.92 Å². The van der Waals surface area contributed by atoms with E-state index in [1.807, 2.05) is 0 Å². The van der Waals surface area contributed by atoms with Gasteiger partial charge in [0.05, 0.1) is 16.0 Å². The Hall–Kier alpha value is -3.07. The number of fused-ring (bicyclic) bond motifs is 2. The highest BCUT2D eigenvalue weighted by atomic mass is 32.1. The highest BCUT2D eigenvalue weighted by Gasteiger charge is 2.34. The van der Waals surface area contributed by atoms with Gasteiger partial charge in [-0.15, -0.1) is 11.3 Å². The van der Waals surface area contributed by atoms with Crippen molar-refractivity contribution in [1.82, 2.24) is 9.97 Å². The molecule has 2 aromatic heterocycles. The maximum atomic E-state index is 13.3. The van der Waals surface area contributed by atoms with Gasteiger partial charge < -0.3 is 9.80 Å². The van der Waals surface area contributed by atoms with Gasteiger partial charge in [0.2, 0.25) is 5.91 Å². The molecule has 160 valence electrons. The molecule has 5 rings (SSSR count). The molecule has 8 nitrogen and oxygen atoms in total. The van der Waals surface area contributed by atoms with E-state index in [1.165, 1.54) is 22.6 Å². The molecule has 1 amide bonds. The van der Waals surface area contributed by atoms with Crippen molar-refractivity contribution in [3.05, 3.63) is 50.6 Å². The zero-order valence-corrected chi connectivity index (χ0v) is 18.3. The number of thiophene rings is 1. The second-order valence-electron chi connectivity index (χ2n) is 8.23. The zero-order chi connectivity index (χ0) is 21.7. The van der Waals surface area contributed by atoms with E-state index in [0.717, 1.165) is 53.9 Å². The molecule has 4 heterocycles. The maximum absolute atomic E-state index is 13.3. The largest absolute Gasteiger partial charge is 0.356 e. The van der Waals surface area contributed by atoms with Crippen LogP contribution in [0.3, 0.4) is 0 Å². The lowest BCUT2D eigenvalue weighted by Crippen LogP contribution is -2.42. The Morgan fingerprint density at radius 1 is 1.19 bits per heavy atom. The first kappa shape index (κ1) is 19.9. The second kappa shape index (κ2) is 7.56. The number of carbonyl (C=O) groups excluding carboxylic acids is 1. The van der Waals surface area contributed by atoms with Crippen LogP contribution in [0, 0.1) is 29.9 Å². The molecule has 9 heteroatoms. The summed E-state index contributed by atoms with van der Waals surface area (Å²) in [6.45, 7) is 6.32. The van der Waals surface area contributed by atoms with Crippen LogP contribution in [0.4, 0.5) is 17.2 Å². The molecule has 2 aliphatic heterocycles. The van der Waals surface area contributed by atoms with Crippen LogP contribution in [0.1, 0.15) is 28.8 Å². The Bertz CT molecular complexity index is 1200. The number of aromatic nitrogens is 2. The lowest BCUT2D eigenvalue weighted by atomic mass is 9.95. The predicted molar refractivity (Wildman–Crippen MR) is 121 cm³/mol. The summed E-state index contributed by atoms with van der Waals surface area (Å²) in [5.74, 6) is 0.957. The first-order valence-corrected chi connectivity index (χ1v) is 11.3.